The zero-order chi connectivity index (χ0) is 14.5. The Hall–Kier alpha value is -0.330. The smallest absolute Gasteiger partial charge is 0.233 e. The van der Waals surface area contributed by atoms with Gasteiger partial charge < -0.3 is 14.7 Å². The number of hydrogen-bond acceptors (Lipinski definition) is 4. The van der Waals surface area contributed by atoms with Crippen molar-refractivity contribution in [3.63, 3.8) is 0 Å². The third-order valence-corrected chi connectivity index (χ3v) is 5.71. The lowest BCUT2D eigenvalue weighted by Crippen LogP contribution is -2.46. The van der Waals surface area contributed by atoms with E-state index in [4.69, 9.17) is 12.2 Å². The zero-order valence-electron chi connectivity index (χ0n) is 12.5. The van der Waals surface area contributed by atoms with Gasteiger partial charge in [-0.15, -0.1) is 0 Å². The molecule has 114 valence electrons. The molecule has 0 aromatic rings. The molecule has 1 atom stereocenters. The summed E-state index contributed by atoms with van der Waals surface area (Å²) in [6.45, 7) is 7.14. The molecule has 0 saturated carbocycles. The van der Waals surface area contributed by atoms with Crippen molar-refractivity contribution < 1.29 is 4.79 Å². The van der Waals surface area contributed by atoms with Crippen LogP contribution in [0.2, 0.25) is 0 Å². The largest absolute Gasteiger partial charge is 0.355 e. The van der Waals surface area contributed by atoms with Crippen LogP contribution in [-0.4, -0.2) is 76.5 Å². The fraction of sp³-hybridized carbons (Fsp3) is 0.857. The van der Waals surface area contributed by atoms with Gasteiger partial charge in [0.1, 0.15) is 4.32 Å². The van der Waals surface area contributed by atoms with E-state index in [0.717, 1.165) is 49.9 Å². The molecule has 2 rings (SSSR count). The number of likely N-dealkylation sites (N-methyl/N-ethyl adjacent to an activating group) is 1. The minimum atomic E-state index is 0.249. The molecule has 6 heteroatoms. The van der Waals surface area contributed by atoms with Crippen molar-refractivity contribution in [2.24, 2.45) is 0 Å². The summed E-state index contributed by atoms with van der Waals surface area (Å²) in [6.07, 6.45) is 3.53. The van der Waals surface area contributed by atoms with Gasteiger partial charge in [0.05, 0.1) is 5.75 Å². The third-order valence-electron chi connectivity index (χ3n) is 4.20. The summed E-state index contributed by atoms with van der Waals surface area (Å²) < 4.78 is 0.885. The number of carbonyl (C=O) groups is 1. The molecule has 2 saturated heterocycles. The molecule has 2 aliphatic rings. The maximum Gasteiger partial charge on any atom is 0.233 e. The van der Waals surface area contributed by atoms with Gasteiger partial charge in [-0.05, 0) is 33.2 Å². The Balaban J connectivity index is 1.73. The molecule has 0 radical (unpaired) electrons. The molecule has 2 heterocycles. The molecule has 0 N–H and O–H groups in total. The zero-order valence-corrected chi connectivity index (χ0v) is 14.1. The lowest BCUT2D eigenvalue weighted by molar-refractivity contribution is -0.131. The van der Waals surface area contributed by atoms with Crippen molar-refractivity contribution in [1.82, 2.24) is 14.7 Å². The monoisotopic (exact) mass is 315 g/mol. The Kier molecular flexibility index (Phi) is 6.11. The molecular weight excluding hydrogens is 290 g/mol. The van der Waals surface area contributed by atoms with E-state index < -0.39 is 0 Å². The molecule has 0 bridgehead atoms. The highest BCUT2D eigenvalue weighted by Crippen LogP contribution is 2.19. The van der Waals surface area contributed by atoms with Crippen LogP contribution in [0.4, 0.5) is 0 Å². The van der Waals surface area contributed by atoms with Gasteiger partial charge in [-0.3, -0.25) is 4.79 Å². The maximum absolute atomic E-state index is 12.3. The second-order valence-corrected chi connectivity index (χ2v) is 7.39. The van der Waals surface area contributed by atoms with Gasteiger partial charge >= 0.3 is 0 Å². The van der Waals surface area contributed by atoms with Crippen LogP contribution < -0.4 is 0 Å². The molecular formula is C14H25N3OS2. The van der Waals surface area contributed by atoms with Gasteiger partial charge in [0.15, 0.2) is 0 Å². The second kappa shape index (κ2) is 7.61. The van der Waals surface area contributed by atoms with E-state index in [1.807, 2.05) is 4.90 Å². The average molecular weight is 316 g/mol. The van der Waals surface area contributed by atoms with E-state index in [2.05, 4.69) is 23.8 Å². The molecule has 4 nitrogen and oxygen atoms in total. The Labute approximate surface area is 131 Å². The molecule has 0 aromatic carbocycles. The molecule has 1 amide bonds. The highest BCUT2D eigenvalue weighted by atomic mass is 32.2. The molecule has 2 fully saturated rings. The van der Waals surface area contributed by atoms with Crippen LogP contribution in [0.1, 0.15) is 26.2 Å². The minimum absolute atomic E-state index is 0.249. The number of carbonyl (C=O) groups excluding carboxylic acids is 1. The van der Waals surface area contributed by atoms with E-state index in [9.17, 15) is 4.79 Å². The summed E-state index contributed by atoms with van der Waals surface area (Å²) in [7, 11) is 2.13. The van der Waals surface area contributed by atoms with Gasteiger partial charge in [-0.1, -0.05) is 24.0 Å². The van der Waals surface area contributed by atoms with Crippen LogP contribution in [0.3, 0.4) is 0 Å². The number of nitrogens with zero attached hydrogens (tertiary/aromatic N) is 3. The highest BCUT2D eigenvalue weighted by Gasteiger charge is 2.24. The molecule has 0 spiro atoms. The van der Waals surface area contributed by atoms with Crippen molar-refractivity contribution >= 4 is 34.2 Å². The first-order valence-electron chi connectivity index (χ1n) is 7.47. The lowest BCUT2D eigenvalue weighted by atomic mass is 10.0. The number of piperazine rings is 1. The molecule has 0 aliphatic carbocycles. The third kappa shape index (κ3) is 4.33. The fourth-order valence-electron chi connectivity index (χ4n) is 2.76. The van der Waals surface area contributed by atoms with Gasteiger partial charge in [0.2, 0.25) is 5.91 Å². The maximum atomic E-state index is 12.3. The van der Waals surface area contributed by atoms with Crippen molar-refractivity contribution in [1.29, 1.82) is 0 Å². The van der Waals surface area contributed by atoms with E-state index in [1.54, 1.807) is 0 Å². The number of thioether (sulfide) groups is 1. The topological polar surface area (TPSA) is 26.8 Å². The highest BCUT2D eigenvalue weighted by molar-refractivity contribution is 8.23. The second-order valence-electron chi connectivity index (χ2n) is 5.78. The Morgan fingerprint density at radius 1 is 1.20 bits per heavy atom. The summed E-state index contributed by atoms with van der Waals surface area (Å²) in [5, 5.41) is 0. The summed E-state index contributed by atoms with van der Waals surface area (Å²) >= 11 is 7.00. The SMILES string of the molecule is CC1CCCCN1C(=O)CSC(=S)N1CCN(C)CC1. The molecule has 0 aromatic heterocycles. The van der Waals surface area contributed by atoms with E-state index in [0.29, 0.717) is 11.8 Å². The van der Waals surface area contributed by atoms with Crippen LogP contribution in [0, 0.1) is 0 Å². The summed E-state index contributed by atoms with van der Waals surface area (Å²) in [5.41, 5.74) is 0. The summed E-state index contributed by atoms with van der Waals surface area (Å²) in [6, 6.07) is 0.397. The fourth-order valence-corrected chi connectivity index (χ4v) is 3.89. The predicted octanol–water partition coefficient (Wildman–Crippen LogP) is 1.65. The Morgan fingerprint density at radius 2 is 1.90 bits per heavy atom. The van der Waals surface area contributed by atoms with Crippen molar-refractivity contribution in [2.45, 2.75) is 32.2 Å². The van der Waals surface area contributed by atoms with Crippen LogP contribution in [-0.2, 0) is 4.79 Å². The van der Waals surface area contributed by atoms with Gasteiger partial charge in [0, 0.05) is 38.8 Å². The minimum Gasteiger partial charge on any atom is -0.355 e. The molecule has 2 aliphatic heterocycles. The summed E-state index contributed by atoms with van der Waals surface area (Å²) in [4.78, 5) is 18.8. The van der Waals surface area contributed by atoms with Gasteiger partial charge in [-0.2, -0.15) is 0 Å². The quantitative estimate of drug-likeness (QED) is 0.722. The number of rotatable bonds is 2. The first kappa shape index (κ1) is 16.0. The Bertz CT molecular complexity index is 356. The normalized spacial score (nSPS) is 24.8. The number of piperidine rings is 1. The lowest BCUT2D eigenvalue weighted by Gasteiger charge is -2.35. The predicted molar refractivity (Wildman–Crippen MR) is 89.2 cm³/mol. The number of likely N-dealkylation sites (tertiary alicyclic amines) is 1. The first-order chi connectivity index (χ1) is 9.58. The van der Waals surface area contributed by atoms with Crippen molar-refractivity contribution in [3.05, 3.63) is 0 Å². The number of hydrogen-bond donors (Lipinski definition) is 0. The molecule has 1 unspecified atom stereocenters. The van der Waals surface area contributed by atoms with Crippen LogP contribution >= 0.6 is 24.0 Å². The van der Waals surface area contributed by atoms with Gasteiger partial charge in [-0.25, -0.2) is 0 Å². The number of thiocarbonyl (C=S) groups is 1. The van der Waals surface area contributed by atoms with E-state index >= 15 is 0 Å². The standard InChI is InChI=1S/C14H25N3OS2/c1-12-5-3-4-6-17(12)13(18)11-20-14(19)16-9-7-15(2)8-10-16/h12H,3-11H2,1-2H3. The average Bonchev–Trinajstić information content (AvgIpc) is 2.45. The van der Waals surface area contributed by atoms with Crippen molar-refractivity contribution in [2.75, 3.05) is 45.5 Å². The van der Waals surface area contributed by atoms with Crippen LogP contribution in [0.5, 0.6) is 0 Å². The van der Waals surface area contributed by atoms with Crippen molar-refractivity contribution in [3.8, 4) is 0 Å². The van der Waals surface area contributed by atoms with Gasteiger partial charge in [0.25, 0.3) is 0 Å². The Morgan fingerprint density at radius 3 is 2.55 bits per heavy atom. The van der Waals surface area contributed by atoms with E-state index in [-0.39, 0.29) is 5.91 Å². The first-order valence-corrected chi connectivity index (χ1v) is 8.87. The van der Waals surface area contributed by atoms with Crippen LogP contribution in [0.25, 0.3) is 0 Å². The van der Waals surface area contributed by atoms with E-state index in [1.165, 1.54) is 18.2 Å². The number of amides is 1. The molecule has 20 heavy (non-hydrogen) atoms. The summed E-state index contributed by atoms with van der Waals surface area (Å²) in [5.74, 6) is 0.744. The van der Waals surface area contributed by atoms with Crippen LogP contribution in [0.15, 0.2) is 0 Å².